The van der Waals surface area contributed by atoms with Gasteiger partial charge in [0.2, 0.25) is 5.91 Å². The number of benzene rings is 1. The zero-order valence-electron chi connectivity index (χ0n) is 10.2. The Labute approximate surface area is 110 Å². The Morgan fingerprint density at radius 3 is 2.61 bits per heavy atom. The molecule has 0 atom stereocenters. The third kappa shape index (κ3) is 3.63. The number of hydrogen-bond donors (Lipinski definition) is 1. The normalized spacial score (nSPS) is 10.3. The minimum atomic E-state index is -0.0377. The number of aryl methyl sites for hydroxylation is 1. The molecule has 0 radical (unpaired) electrons. The molecule has 0 saturated carbocycles. The molecule has 18 heavy (non-hydrogen) atoms. The van der Waals surface area contributed by atoms with Crippen molar-refractivity contribution in [2.45, 2.75) is 26.2 Å². The monoisotopic (exact) mass is 261 g/mol. The number of amides is 1. The summed E-state index contributed by atoms with van der Waals surface area (Å²) in [4.78, 5) is 11.7. The summed E-state index contributed by atoms with van der Waals surface area (Å²) < 4.78 is 3.69. The van der Waals surface area contributed by atoms with E-state index < -0.39 is 0 Å². The molecule has 0 bridgehead atoms. The summed E-state index contributed by atoms with van der Waals surface area (Å²) in [5, 5.41) is 7.12. The summed E-state index contributed by atoms with van der Waals surface area (Å²) >= 11 is 1.18. The van der Waals surface area contributed by atoms with Gasteiger partial charge in [-0.05, 0) is 17.5 Å². The lowest BCUT2D eigenvalue weighted by molar-refractivity contribution is -0.115. The molecule has 0 aliphatic carbocycles. The van der Waals surface area contributed by atoms with Crippen LogP contribution in [-0.2, 0) is 17.6 Å². The summed E-state index contributed by atoms with van der Waals surface area (Å²) in [6.45, 7) is 2.16. The van der Waals surface area contributed by atoms with Crippen LogP contribution in [0.2, 0.25) is 0 Å². The highest BCUT2D eigenvalue weighted by Gasteiger charge is 2.05. The van der Waals surface area contributed by atoms with Gasteiger partial charge in [0, 0.05) is 11.5 Å². The number of hydrogen-bond acceptors (Lipinski definition) is 4. The van der Waals surface area contributed by atoms with Crippen molar-refractivity contribution in [3.63, 3.8) is 0 Å². The molecule has 5 heteroatoms. The van der Waals surface area contributed by atoms with E-state index in [9.17, 15) is 4.79 Å². The standard InChI is InChI=1S/C13H15N3OS/c1-2-3-10-4-6-11(7-5-10)8-12(17)15-13-9-14-16-18-13/h4-7,9H,2-3,8H2,1H3,(H,15,17). The number of nitrogens with zero attached hydrogens (tertiary/aromatic N) is 2. The van der Waals surface area contributed by atoms with Crippen LogP contribution in [0.25, 0.3) is 0 Å². The first kappa shape index (κ1) is 12.7. The molecule has 0 unspecified atom stereocenters. The Hall–Kier alpha value is -1.75. The van der Waals surface area contributed by atoms with Gasteiger partial charge in [-0.15, -0.1) is 5.10 Å². The molecule has 94 valence electrons. The molecule has 1 N–H and O–H groups in total. The average molecular weight is 261 g/mol. The maximum absolute atomic E-state index is 11.7. The van der Waals surface area contributed by atoms with Crippen LogP contribution in [0.15, 0.2) is 30.5 Å². The van der Waals surface area contributed by atoms with Crippen LogP contribution in [0.3, 0.4) is 0 Å². The molecule has 2 aromatic rings. The molecule has 1 heterocycles. The van der Waals surface area contributed by atoms with Gasteiger partial charge in [0.05, 0.1) is 12.6 Å². The SMILES string of the molecule is CCCc1ccc(CC(=O)Nc2cnns2)cc1. The highest BCUT2D eigenvalue weighted by atomic mass is 32.1. The van der Waals surface area contributed by atoms with E-state index in [1.807, 2.05) is 12.1 Å². The Kier molecular flexibility index (Phi) is 4.41. The fourth-order valence-electron chi connectivity index (χ4n) is 1.70. The maximum atomic E-state index is 11.7. The fourth-order valence-corrected chi connectivity index (χ4v) is 2.14. The number of aromatic nitrogens is 2. The first-order valence-corrected chi connectivity index (χ1v) is 6.70. The van der Waals surface area contributed by atoms with E-state index in [0.29, 0.717) is 11.4 Å². The van der Waals surface area contributed by atoms with E-state index >= 15 is 0 Å². The number of nitrogens with one attached hydrogen (secondary N) is 1. The predicted molar refractivity (Wildman–Crippen MR) is 72.7 cm³/mol. The van der Waals surface area contributed by atoms with Gasteiger partial charge in [0.15, 0.2) is 0 Å². The second kappa shape index (κ2) is 6.26. The van der Waals surface area contributed by atoms with Gasteiger partial charge < -0.3 is 5.32 Å². The molecule has 1 aromatic heterocycles. The molecule has 2 rings (SSSR count). The summed E-state index contributed by atoms with van der Waals surface area (Å²) in [6.07, 6.45) is 4.15. The lowest BCUT2D eigenvalue weighted by Gasteiger charge is -2.03. The van der Waals surface area contributed by atoms with E-state index in [0.717, 1.165) is 18.4 Å². The quantitative estimate of drug-likeness (QED) is 0.900. The van der Waals surface area contributed by atoms with Crippen LogP contribution >= 0.6 is 11.5 Å². The zero-order valence-corrected chi connectivity index (χ0v) is 11.0. The van der Waals surface area contributed by atoms with Crippen LogP contribution in [0.4, 0.5) is 5.00 Å². The summed E-state index contributed by atoms with van der Waals surface area (Å²) in [5.41, 5.74) is 2.33. The molecular weight excluding hydrogens is 246 g/mol. The van der Waals surface area contributed by atoms with E-state index in [2.05, 4.69) is 34.0 Å². The summed E-state index contributed by atoms with van der Waals surface area (Å²) in [7, 11) is 0. The Balaban J connectivity index is 1.90. The second-order valence-corrected chi connectivity index (χ2v) is 4.86. The largest absolute Gasteiger partial charge is 0.315 e. The van der Waals surface area contributed by atoms with Crippen molar-refractivity contribution in [1.29, 1.82) is 0 Å². The number of rotatable bonds is 5. The van der Waals surface area contributed by atoms with Crippen LogP contribution in [0, 0.1) is 0 Å². The lowest BCUT2D eigenvalue weighted by Crippen LogP contribution is -2.13. The highest BCUT2D eigenvalue weighted by molar-refractivity contribution is 7.10. The van der Waals surface area contributed by atoms with Crippen molar-refractivity contribution < 1.29 is 4.79 Å². The third-order valence-electron chi connectivity index (χ3n) is 2.55. The molecular formula is C13H15N3OS. The molecule has 0 aliphatic heterocycles. The van der Waals surface area contributed by atoms with Gasteiger partial charge in [-0.2, -0.15) is 0 Å². The van der Waals surface area contributed by atoms with Gasteiger partial charge in [0.25, 0.3) is 0 Å². The van der Waals surface area contributed by atoms with Gasteiger partial charge in [-0.1, -0.05) is 42.1 Å². The smallest absolute Gasteiger partial charge is 0.229 e. The number of anilines is 1. The molecule has 0 aliphatic rings. The van der Waals surface area contributed by atoms with Gasteiger partial charge in [-0.25, -0.2) is 0 Å². The Morgan fingerprint density at radius 1 is 1.28 bits per heavy atom. The van der Waals surface area contributed by atoms with Crippen molar-refractivity contribution >= 4 is 22.4 Å². The first-order valence-electron chi connectivity index (χ1n) is 5.93. The van der Waals surface area contributed by atoms with E-state index in [1.165, 1.54) is 17.1 Å². The minimum Gasteiger partial charge on any atom is -0.315 e. The lowest BCUT2D eigenvalue weighted by atomic mass is 10.1. The summed E-state index contributed by atoms with van der Waals surface area (Å²) in [6, 6.07) is 8.19. The van der Waals surface area contributed by atoms with Gasteiger partial charge >= 0.3 is 0 Å². The predicted octanol–water partition coefficient (Wildman–Crippen LogP) is 2.67. The molecule has 0 saturated heterocycles. The molecule has 1 aromatic carbocycles. The van der Waals surface area contributed by atoms with E-state index in [-0.39, 0.29) is 5.91 Å². The van der Waals surface area contributed by atoms with Crippen LogP contribution in [0.1, 0.15) is 24.5 Å². The van der Waals surface area contributed by atoms with E-state index in [4.69, 9.17) is 0 Å². The third-order valence-corrected chi connectivity index (χ3v) is 3.13. The topological polar surface area (TPSA) is 54.9 Å². The molecule has 1 amide bonds. The van der Waals surface area contributed by atoms with Crippen LogP contribution in [0.5, 0.6) is 0 Å². The zero-order chi connectivity index (χ0) is 12.8. The van der Waals surface area contributed by atoms with Crippen molar-refractivity contribution in [2.75, 3.05) is 5.32 Å². The van der Waals surface area contributed by atoms with Crippen molar-refractivity contribution in [2.24, 2.45) is 0 Å². The minimum absolute atomic E-state index is 0.0377. The van der Waals surface area contributed by atoms with Gasteiger partial charge in [0.1, 0.15) is 5.00 Å². The molecule has 0 fully saturated rings. The Bertz CT molecular complexity index is 493. The Morgan fingerprint density at radius 2 is 2.00 bits per heavy atom. The highest BCUT2D eigenvalue weighted by Crippen LogP contribution is 2.11. The molecule has 4 nitrogen and oxygen atoms in total. The fraction of sp³-hybridized carbons (Fsp3) is 0.308. The summed E-state index contributed by atoms with van der Waals surface area (Å²) in [5.74, 6) is -0.0377. The molecule has 0 spiro atoms. The maximum Gasteiger partial charge on any atom is 0.229 e. The number of carbonyl (C=O) groups excluding carboxylic acids is 1. The second-order valence-electron chi connectivity index (χ2n) is 4.07. The van der Waals surface area contributed by atoms with Crippen molar-refractivity contribution in [3.05, 3.63) is 41.6 Å². The van der Waals surface area contributed by atoms with Gasteiger partial charge in [-0.3, -0.25) is 4.79 Å². The average Bonchev–Trinajstić information content (AvgIpc) is 2.84. The first-order chi connectivity index (χ1) is 8.78. The van der Waals surface area contributed by atoms with Crippen molar-refractivity contribution in [1.82, 2.24) is 9.59 Å². The van der Waals surface area contributed by atoms with Crippen LogP contribution < -0.4 is 5.32 Å². The van der Waals surface area contributed by atoms with E-state index in [1.54, 1.807) is 6.20 Å². The van der Waals surface area contributed by atoms with Crippen molar-refractivity contribution in [3.8, 4) is 0 Å². The van der Waals surface area contributed by atoms with Crippen LogP contribution in [-0.4, -0.2) is 15.5 Å². The number of carbonyl (C=O) groups is 1.